The molecule has 0 radical (unpaired) electrons. The molecule has 0 N–H and O–H groups in total. The maximum Gasteiger partial charge on any atom is 0.338 e. The van der Waals surface area contributed by atoms with E-state index in [0.717, 1.165) is 32.7 Å². The van der Waals surface area contributed by atoms with E-state index in [0.29, 0.717) is 48.6 Å². The van der Waals surface area contributed by atoms with Crippen molar-refractivity contribution in [2.45, 2.75) is 39.8 Å². The van der Waals surface area contributed by atoms with Crippen LogP contribution in [-0.2, 0) is 29.0 Å². The number of nitrogens with zero attached hydrogens (tertiary/aromatic N) is 4. The highest BCUT2D eigenvalue weighted by atomic mass is 32.1. The number of benzene rings is 2. The molecule has 11 heteroatoms. The van der Waals surface area contributed by atoms with E-state index in [4.69, 9.17) is 4.74 Å². The predicted octanol–water partition coefficient (Wildman–Crippen LogP) is 5.51. The Bertz CT molecular complexity index is 1960. The first kappa shape index (κ1) is 32.1. The van der Waals surface area contributed by atoms with Crippen LogP contribution in [0, 0.1) is 18.6 Å². The second kappa shape index (κ2) is 13.8. The van der Waals surface area contributed by atoms with Crippen molar-refractivity contribution in [2.24, 2.45) is 0 Å². The van der Waals surface area contributed by atoms with Gasteiger partial charge in [-0.1, -0.05) is 43.3 Å². The van der Waals surface area contributed by atoms with Gasteiger partial charge in [-0.15, -0.1) is 11.3 Å². The molecule has 3 heterocycles. The number of Topliss-reactive ketones (excluding diaryl/α,β-unsaturated/α-hetero) is 1. The van der Waals surface area contributed by atoms with E-state index in [1.54, 1.807) is 32.2 Å². The standard InChI is InChI=1S/C34H34F2N4O4S/c1-5-24(41)18-22-12-14-23(15-13-22)31-26(19-38(3)16-17-44-4)30-32(42)40(29-11-6-8-21(2)37-29)34(43)39(33(30)45-31)20-25-27(35)9-7-10-28(25)36/h6-15H,5,16-20H2,1-4H3. The van der Waals surface area contributed by atoms with Crippen molar-refractivity contribution in [1.82, 2.24) is 19.0 Å². The molecule has 0 aliphatic rings. The summed E-state index contributed by atoms with van der Waals surface area (Å²) in [5.74, 6) is -1.35. The monoisotopic (exact) mass is 632 g/mol. The van der Waals surface area contributed by atoms with Gasteiger partial charge in [0, 0.05) is 49.2 Å². The number of hydrogen-bond donors (Lipinski definition) is 0. The molecule has 0 atom stereocenters. The van der Waals surface area contributed by atoms with Gasteiger partial charge in [0.05, 0.1) is 18.5 Å². The van der Waals surface area contributed by atoms with Gasteiger partial charge in [0.15, 0.2) is 0 Å². The zero-order chi connectivity index (χ0) is 32.2. The first-order valence-electron chi connectivity index (χ1n) is 14.6. The van der Waals surface area contributed by atoms with Crippen molar-refractivity contribution >= 4 is 27.3 Å². The lowest BCUT2D eigenvalue weighted by Gasteiger charge is -2.17. The van der Waals surface area contributed by atoms with E-state index < -0.39 is 29.4 Å². The molecule has 3 aromatic heterocycles. The molecule has 0 bridgehead atoms. The fourth-order valence-corrected chi connectivity index (χ4v) is 6.51. The minimum absolute atomic E-state index is 0.117. The van der Waals surface area contributed by atoms with E-state index in [9.17, 15) is 23.2 Å². The number of carbonyl (C=O) groups excluding carboxylic acids is 1. The molecule has 0 amide bonds. The molecule has 5 rings (SSSR count). The summed E-state index contributed by atoms with van der Waals surface area (Å²) in [7, 11) is 3.51. The molecule has 234 valence electrons. The number of likely N-dealkylation sites (N-methyl/N-ethyl adjacent to an activating group) is 1. The molecule has 0 saturated heterocycles. The number of ether oxygens (including phenoxy) is 1. The molecule has 8 nitrogen and oxygen atoms in total. The SMILES string of the molecule is CCC(=O)Cc1ccc(-c2sc3c(c2CN(C)CCOC)c(=O)n(-c2cccc(C)n2)c(=O)n3Cc2c(F)cccc2F)cc1. The normalized spacial score (nSPS) is 11.5. The average molecular weight is 633 g/mol. The van der Waals surface area contributed by atoms with Gasteiger partial charge in [0.2, 0.25) is 0 Å². The highest BCUT2D eigenvalue weighted by Gasteiger charge is 2.26. The van der Waals surface area contributed by atoms with Crippen molar-refractivity contribution in [3.05, 3.63) is 116 Å². The number of carbonyl (C=O) groups is 1. The van der Waals surface area contributed by atoms with Crippen LogP contribution in [0.5, 0.6) is 0 Å². The maximum atomic E-state index is 14.9. The molecule has 5 aromatic rings. The van der Waals surface area contributed by atoms with Crippen LogP contribution in [-0.4, -0.2) is 52.1 Å². The highest BCUT2D eigenvalue weighted by molar-refractivity contribution is 7.22. The van der Waals surface area contributed by atoms with Crippen LogP contribution in [0.2, 0.25) is 0 Å². The van der Waals surface area contributed by atoms with E-state index in [1.807, 2.05) is 43.1 Å². The van der Waals surface area contributed by atoms with Crippen molar-refractivity contribution in [3.63, 3.8) is 0 Å². The molecule has 0 saturated carbocycles. The van der Waals surface area contributed by atoms with Crippen molar-refractivity contribution in [1.29, 1.82) is 0 Å². The number of halogens is 2. The number of hydrogen-bond acceptors (Lipinski definition) is 7. The molecule has 45 heavy (non-hydrogen) atoms. The number of ketones is 1. The van der Waals surface area contributed by atoms with Gasteiger partial charge >= 0.3 is 5.69 Å². The Balaban J connectivity index is 1.82. The first-order valence-corrected chi connectivity index (χ1v) is 15.4. The quantitative estimate of drug-likeness (QED) is 0.180. The summed E-state index contributed by atoms with van der Waals surface area (Å²) in [4.78, 5) is 48.0. The first-order chi connectivity index (χ1) is 21.6. The Kier molecular flexibility index (Phi) is 9.81. The lowest BCUT2D eigenvalue weighted by molar-refractivity contribution is -0.118. The fraction of sp³-hybridized carbons (Fsp3) is 0.294. The Hall–Kier alpha value is -4.32. The van der Waals surface area contributed by atoms with E-state index >= 15 is 0 Å². The Labute approximate surface area is 263 Å². The molecule has 0 spiro atoms. The van der Waals surface area contributed by atoms with Crippen molar-refractivity contribution in [3.8, 4) is 16.3 Å². The topological polar surface area (TPSA) is 86.4 Å². The largest absolute Gasteiger partial charge is 0.383 e. The van der Waals surface area contributed by atoms with Gasteiger partial charge in [-0.3, -0.25) is 19.1 Å². The summed E-state index contributed by atoms with van der Waals surface area (Å²) in [6.45, 7) is 4.50. The van der Waals surface area contributed by atoms with E-state index in [1.165, 1.54) is 22.0 Å². The number of thiophene rings is 1. The zero-order valence-corrected chi connectivity index (χ0v) is 26.4. The van der Waals surface area contributed by atoms with Crippen LogP contribution in [0.4, 0.5) is 8.78 Å². The summed E-state index contributed by atoms with van der Waals surface area (Å²) < 4.78 is 37.4. The molecular weight excluding hydrogens is 598 g/mol. The summed E-state index contributed by atoms with van der Waals surface area (Å²) in [5.41, 5.74) is 1.30. The van der Waals surface area contributed by atoms with Gasteiger partial charge in [-0.25, -0.2) is 23.1 Å². The third-order valence-corrected chi connectivity index (χ3v) is 8.97. The van der Waals surface area contributed by atoms with Gasteiger partial charge < -0.3 is 4.74 Å². The zero-order valence-electron chi connectivity index (χ0n) is 25.6. The van der Waals surface area contributed by atoms with Crippen LogP contribution in [0.15, 0.2) is 70.3 Å². The number of fused-ring (bicyclic) bond motifs is 1. The lowest BCUT2D eigenvalue weighted by atomic mass is 10.0. The minimum Gasteiger partial charge on any atom is -0.383 e. The fourth-order valence-electron chi connectivity index (χ4n) is 5.21. The van der Waals surface area contributed by atoms with Gasteiger partial charge in [-0.2, -0.15) is 0 Å². The Morgan fingerprint density at radius 2 is 1.69 bits per heavy atom. The van der Waals surface area contributed by atoms with Crippen molar-refractivity contribution in [2.75, 3.05) is 27.3 Å². The molecule has 0 fully saturated rings. The maximum absolute atomic E-state index is 14.9. The van der Waals surface area contributed by atoms with Crippen LogP contribution >= 0.6 is 11.3 Å². The lowest BCUT2D eigenvalue weighted by Crippen LogP contribution is -2.39. The molecule has 0 unspecified atom stereocenters. The van der Waals surface area contributed by atoms with Crippen LogP contribution in [0.25, 0.3) is 26.5 Å². The number of pyridine rings is 1. The number of aromatic nitrogens is 3. The van der Waals surface area contributed by atoms with Gasteiger partial charge in [0.1, 0.15) is 28.1 Å². The van der Waals surface area contributed by atoms with Crippen LogP contribution in [0.1, 0.15) is 35.7 Å². The second-order valence-corrected chi connectivity index (χ2v) is 11.9. The predicted molar refractivity (Wildman–Crippen MR) is 172 cm³/mol. The Morgan fingerprint density at radius 3 is 2.33 bits per heavy atom. The molecular formula is C34H34F2N4O4S. The summed E-state index contributed by atoms with van der Waals surface area (Å²) in [6, 6.07) is 16.1. The molecule has 0 aliphatic carbocycles. The summed E-state index contributed by atoms with van der Waals surface area (Å²) in [5, 5.41) is 0.268. The highest BCUT2D eigenvalue weighted by Crippen LogP contribution is 2.38. The van der Waals surface area contributed by atoms with Gasteiger partial charge in [-0.05, 0) is 54.9 Å². The van der Waals surface area contributed by atoms with E-state index in [-0.39, 0.29) is 22.6 Å². The molecule has 0 aliphatic heterocycles. The smallest absolute Gasteiger partial charge is 0.338 e. The summed E-state index contributed by atoms with van der Waals surface area (Å²) >= 11 is 1.22. The van der Waals surface area contributed by atoms with E-state index in [2.05, 4.69) is 4.98 Å². The molecule has 2 aromatic carbocycles. The van der Waals surface area contributed by atoms with Crippen LogP contribution in [0.3, 0.4) is 0 Å². The third kappa shape index (κ3) is 6.70. The van der Waals surface area contributed by atoms with Gasteiger partial charge in [0.25, 0.3) is 5.56 Å². The number of rotatable bonds is 12. The number of aryl methyl sites for hydroxylation is 1. The summed E-state index contributed by atoms with van der Waals surface area (Å²) in [6.07, 6.45) is 0.760. The minimum atomic E-state index is -0.796. The van der Waals surface area contributed by atoms with Crippen molar-refractivity contribution < 1.29 is 18.3 Å². The average Bonchev–Trinajstić information content (AvgIpc) is 3.38. The number of methoxy groups -OCH3 is 1. The van der Waals surface area contributed by atoms with Crippen LogP contribution < -0.4 is 11.2 Å². The second-order valence-electron chi connectivity index (χ2n) is 10.9. The Morgan fingerprint density at radius 1 is 1.00 bits per heavy atom. The third-order valence-electron chi connectivity index (χ3n) is 7.67.